The average molecular weight is 274 g/mol. The van der Waals surface area contributed by atoms with Gasteiger partial charge in [0.25, 0.3) is 0 Å². The van der Waals surface area contributed by atoms with Gasteiger partial charge in [-0.15, -0.1) is 0 Å². The molecule has 0 aliphatic heterocycles. The molecule has 2 rings (SSSR count). The van der Waals surface area contributed by atoms with E-state index in [1.54, 1.807) is 0 Å². The van der Waals surface area contributed by atoms with Crippen molar-refractivity contribution in [3.63, 3.8) is 0 Å². The van der Waals surface area contributed by atoms with Gasteiger partial charge in [0.1, 0.15) is 0 Å². The van der Waals surface area contributed by atoms with E-state index in [4.69, 9.17) is 5.73 Å². The fourth-order valence-corrected chi connectivity index (χ4v) is 3.15. The molecule has 3 N–H and O–H groups in total. The summed E-state index contributed by atoms with van der Waals surface area (Å²) in [6.07, 6.45) is 6.22. The van der Waals surface area contributed by atoms with Crippen LogP contribution in [0.5, 0.6) is 0 Å². The minimum absolute atomic E-state index is 0.148. The van der Waals surface area contributed by atoms with Crippen LogP contribution in [0.1, 0.15) is 44.6 Å². The zero-order valence-electron chi connectivity index (χ0n) is 12.4. The average Bonchev–Trinajstić information content (AvgIpc) is 2.48. The molecule has 0 radical (unpaired) electrons. The van der Waals surface area contributed by atoms with E-state index in [0.717, 1.165) is 32.1 Å². The quantitative estimate of drug-likeness (QED) is 0.867. The highest BCUT2D eigenvalue weighted by Crippen LogP contribution is 2.35. The molecule has 1 aliphatic carbocycles. The Hall–Kier alpha value is -1.35. The fraction of sp³-hybridized carbons (Fsp3) is 0.588. The Balaban J connectivity index is 1.92. The first-order chi connectivity index (χ1) is 9.66. The molecule has 1 fully saturated rings. The Morgan fingerprint density at radius 3 is 2.50 bits per heavy atom. The van der Waals surface area contributed by atoms with Crippen molar-refractivity contribution in [1.82, 2.24) is 5.32 Å². The van der Waals surface area contributed by atoms with E-state index in [0.29, 0.717) is 6.54 Å². The zero-order chi connectivity index (χ0) is 14.4. The third-order valence-electron chi connectivity index (χ3n) is 4.45. The van der Waals surface area contributed by atoms with Crippen LogP contribution in [0.15, 0.2) is 30.3 Å². The van der Waals surface area contributed by atoms with Crippen molar-refractivity contribution in [2.24, 2.45) is 11.1 Å². The molecule has 110 valence electrons. The smallest absolute Gasteiger partial charge is 0.227 e. The predicted molar refractivity (Wildman–Crippen MR) is 82.3 cm³/mol. The lowest BCUT2D eigenvalue weighted by Gasteiger charge is -2.35. The summed E-state index contributed by atoms with van der Waals surface area (Å²) in [5.41, 5.74) is 6.85. The normalized spacial score (nSPS) is 19.3. The molecule has 0 bridgehead atoms. The summed E-state index contributed by atoms with van der Waals surface area (Å²) in [5.74, 6) is 0.156. The maximum atomic E-state index is 12.6. The number of benzene rings is 1. The number of carbonyl (C=O) groups excluding carboxylic acids is 1. The Morgan fingerprint density at radius 2 is 1.90 bits per heavy atom. The molecule has 0 spiro atoms. The first-order valence-corrected chi connectivity index (χ1v) is 7.71. The van der Waals surface area contributed by atoms with Gasteiger partial charge in [0.15, 0.2) is 0 Å². The number of hydrogen-bond acceptors (Lipinski definition) is 2. The topological polar surface area (TPSA) is 55.1 Å². The second-order valence-corrected chi connectivity index (χ2v) is 6.11. The van der Waals surface area contributed by atoms with Crippen molar-refractivity contribution in [2.75, 3.05) is 6.54 Å². The third-order valence-corrected chi connectivity index (χ3v) is 4.45. The highest BCUT2D eigenvalue weighted by Gasteiger charge is 2.38. The van der Waals surface area contributed by atoms with Crippen LogP contribution < -0.4 is 11.1 Å². The van der Waals surface area contributed by atoms with Gasteiger partial charge in [0.05, 0.1) is 5.41 Å². The third kappa shape index (κ3) is 3.60. The van der Waals surface area contributed by atoms with Gasteiger partial charge in [-0.25, -0.2) is 0 Å². The van der Waals surface area contributed by atoms with Gasteiger partial charge < -0.3 is 11.1 Å². The van der Waals surface area contributed by atoms with Gasteiger partial charge in [0, 0.05) is 12.6 Å². The van der Waals surface area contributed by atoms with Crippen LogP contribution in [0.25, 0.3) is 0 Å². The number of amides is 1. The molecule has 1 unspecified atom stereocenters. The summed E-state index contributed by atoms with van der Waals surface area (Å²) in [6, 6.07) is 10.4. The van der Waals surface area contributed by atoms with Crippen LogP contribution in [0.4, 0.5) is 0 Å². The highest BCUT2D eigenvalue weighted by atomic mass is 16.2. The molecule has 1 atom stereocenters. The van der Waals surface area contributed by atoms with Crippen LogP contribution in [0, 0.1) is 5.41 Å². The van der Waals surface area contributed by atoms with Gasteiger partial charge >= 0.3 is 0 Å². The molecule has 0 aromatic heterocycles. The molecule has 1 aromatic carbocycles. The SMILES string of the molecule is CC(Cc1ccccc1)NC(=O)C1(CN)CCCCC1. The first kappa shape index (κ1) is 15.0. The van der Waals surface area contributed by atoms with E-state index < -0.39 is 0 Å². The molecule has 0 saturated heterocycles. The van der Waals surface area contributed by atoms with E-state index in [2.05, 4.69) is 24.4 Å². The van der Waals surface area contributed by atoms with E-state index in [1.165, 1.54) is 12.0 Å². The van der Waals surface area contributed by atoms with Gasteiger partial charge in [-0.2, -0.15) is 0 Å². The minimum atomic E-state index is -0.316. The number of hydrogen-bond donors (Lipinski definition) is 2. The van der Waals surface area contributed by atoms with Crippen LogP contribution in [-0.2, 0) is 11.2 Å². The maximum absolute atomic E-state index is 12.6. The second kappa shape index (κ2) is 6.89. The van der Waals surface area contributed by atoms with Gasteiger partial charge in [-0.05, 0) is 31.7 Å². The lowest BCUT2D eigenvalue weighted by Crippen LogP contribution is -2.50. The fourth-order valence-electron chi connectivity index (χ4n) is 3.15. The Labute approximate surface area is 121 Å². The van der Waals surface area contributed by atoms with Crippen LogP contribution in [0.3, 0.4) is 0 Å². The Kier molecular flexibility index (Phi) is 5.18. The van der Waals surface area contributed by atoms with Gasteiger partial charge in [-0.1, -0.05) is 49.6 Å². The second-order valence-electron chi connectivity index (χ2n) is 6.11. The molecular weight excluding hydrogens is 248 g/mol. The summed E-state index contributed by atoms with van der Waals surface area (Å²) in [6.45, 7) is 2.54. The Morgan fingerprint density at radius 1 is 1.25 bits per heavy atom. The van der Waals surface area contributed by atoms with E-state index >= 15 is 0 Å². The molecule has 20 heavy (non-hydrogen) atoms. The van der Waals surface area contributed by atoms with Gasteiger partial charge in [0.2, 0.25) is 5.91 Å². The van der Waals surface area contributed by atoms with Crippen LogP contribution in [-0.4, -0.2) is 18.5 Å². The van der Waals surface area contributed by atoms with E-state index in [1.807, 2.05) is 18.2 Å². The van der Waals surface area contributed by atoms with Gasteiger partial charge in [-0.3, -0.25) is 4.79 Å². The maximum Gasteiger partial charge on any atom is 0.227 e. The highest BCUT2D eigenvalue weighted by molar-refractivity contribution is 5.83. The summed E-state index contributed by atoms with van der Waals surface area (Å²) in [4.78, 5) is 12.6. The first-order valence-electron chi connectivity index (χ1n) is 7.71. The molecule has 1 amide bonds. The number of carbonyl (C=O) groups is 1. The van der Waals surface area contributed by atoms with E-state index in [-0.39, 0.29) is 17.4 Å². The van der Waals surface area contributed by atoms with Crippen molar-refractivity contribution in [1.29, 1.82) is 0 Å². The monoisotopic (exact) mass is 274 g/mol. The standard InChI is InChI=1S/C17H26N2O/c1-14(12-15-8-4-2-5-9-15)19-16(20)17(13-18)10-6-3-7-11-17/h2,4-5,8-9,14H,3,6-7,10-13,18H2,1H3,(H,19,20). The number of nitrogens with two attached hydrogens (primary N) is 1. The Bertz CT molecular complexity index is 424. The van der Waals surface area contributed by atoms with E-state index in [9.17, 15) is 4.79 Å². The molecule has 1 aliphatic rings. The molecule has 1 aromatic rings. The van der Waals surface area contributed by atoms with Crippen molar-refractivity contribution >= 4 is 5.91 Å². The van der Waals surface area contributed by atoms with Crippen molar-refractivity contribution < 1.29 is 4.79 Å². The summed E-state index contributed by atoms with van der Waals surface area (Å²) in [7, 11) is 0. The number of nitrogens with one attached hydrogen (secondary N) is 1. The zero-order valence-corrected chi connectivity index (χ0v) is 12.4. The largest absolute Gasteiger partial charge is 0.353 e. The molecule has 3 nitrogen and oxygen atoms in total. The lowest BCUT2D eigenvalue weighted by molar-refractivity contribution is -0.133. The molecule has 0 heterocycles. The summed E-state index contributed by atoms with van der Waals surface area (Å²) in [5, 5.41) is 3.17. The molecule has 1 saturated carbocycles. The molecular formula is C17H26N2O. The van der Waals surface area contributed by atoms with Crippen LogP contribution in [0.2, 0.25) is 0 Å². The summed E-state index contributed by atoms with van der Waals surface area (Å²) < 4.78 is 0. The van der Waals surface area contributed by atoms with Crippen molar-refractivity contribution in [2.45, 2.75) is 51.5 Å². The van der Waals surface area contributed by atoms with Crippen molar-refractivity contribution in [3.05, 3.63) is 35.9 Å². The van der Waals surface area contributed by atoms with Crippen LogP contribution >= 0.6 is 0 Å². The summed E-state index contributed by atoms with van der Waals surface area (Å²) >= 11 is 0. The minimum Gasteiger partial charge on any atom is -0.353 e. The predicted octanol–water partition coefficient (Wildman–Crippen LogP) is 2.64. The lowest BCUT2D eigenvalue weighted by atomic mass is 9.73. The molecule has 3 heteroatoms. The number of rotatable bonds is 5. The van der Waals surface area contributed by atoms with Crippen molar-refractivity contribution in [3.8, 4) is 0 Å².